The smallest absolute Gasteiger partial charge is 0.251 e. The van der Waals surface area contributed by atoms with Crippen molar-refractivity contribution in [2.75, 3.05) is 7.11 Å². The van der Waals surface area contributed by atoms with Crippen LogP contribution < -0.4 is 10.1 Å². The maximum absolute atomic E-state index is 12.2. The van der Waals surface area contributed by atoms with Gasteiger partial charge in [-0.2, -0.15) is 0 Å². The molecule has 5 heteroatoms. The Balaban J connectivity index is 2.06. The number of carbonyl (C=O) groups is 1. The van der Waals surface area contributed by atoms with E-state index in [9.17, 15) is 4.79 Å². The number of ether oxygens (including phenoxy) is 1. The zero-order chi connectivity index (χ0) is 14.7. The number of hydrogen-bond donors (Lipinski definition) is 1. The number of benzene rings is 1. The largest absolute Gasteiger partial charge is 0.494 e. The van der Waals surface area contributed by atoms with Gasteiger partial charge in [0, 0.05) is 11.6 Å². The Morgan fingerprint density at radius 1 is 1.20 bits per heavy atom. The van der Waals surface area contributed by atoms with Crippen LogP contribution in [0, 0.1) is 5.92 Å². The molecule has 1 aliphatic carbocycles. The monoisotopic (exact) mass is 315 g/mol. The van der Waals surface area contributed by atoms with Crippen molar-refractivity contribution in [1.82, 2.24) is 5.32 Å². The SMILES string of the molecule is COc1c(Cl)cc(C(=O)NC2CCC(C)CC2)cc1Cl. The molecule has 1 aromatic rings. The maximum Gasteiger partial charge on any atom is 0.251 e. The molecule has 110 valence electrons. The molecule has 0 radical (unpaired) electrons. The lowest BCUT2D eigenvalue weighted by molar-refractivity contribution is 0.0923. The van der Waals surface area contributed by atoms with E-state index < -0.39 is 0 Å². The number of amides is 1. The summed E-state index contributed by atoms with van der Waals surface area (Å²) in [5.74, 6) is 1.03. The summed E-state index contributed by atoms with van der Waals surface area (Å²) in [4.78, 5) is 12.2. The predicted molar refractivity (Wildman–Crippen MR) is 81.9 cm³/mol. The summed E-state index contributed by atoms with van der Waals surface area (Å²) in [5.41, 5.74) is 0.472. The minimum absolute atomic E-state index is 0.129. The molecule has 0 spiro atoms. The van der Waals surface area contributed by atoms with Gasteiger partial charge in [0.15, 0.2) is 5.75 Å². The summed E-state index contributed by atoms with van der Waals surface area (Å²) in [6, 6.07) is 3.43. The molecule has 1 saturated carbocycles. The van der Waals surface area contributed by atoms with Gasteiger partial charge in [0.25, 0.3) is 5.91 Å². The van der Waals surface area contributed by atoms with Crippen molar-refractivity contribution in [1.29, 1.82) is 0 Å². The molecule has 1 N–H and O–H groups in total. The average molecular weight is 316 g/mol. The highest BCUT2D eigenvalue weighted by Gasteiger charge is 2.21. The third-order valence-corrected chi connectivity index (χ3v) is 4.38. The van der Waals surface area contributed by atoms with Crippen molar-refractivity contribution in [2.45, 2.75) is 38.6 Å². The van der Waals surface area contributed by atoms with Crippen LogP contribution in [-0.2, 0) is 0 Å². The first kappa shape index (κ1) is 15.5. The molecule has 0 bridgehead atoms. The van der Waals surface area contributed by atoms with Gasteiger partial charge in [-0.1, -0.05) is 30.1 Å². The average Bonchev–Trinajstić information content (AvgIpc) is 2.41. The highest BCUT2D eigenvalue weighted by Crippen LogP contribution is 2.34. The number of rotatable bonds is 3. The Morgan fingerprint density at radius 2 is 1.75 bits per heavy atom. The van der Waals surface area contributed by atoms with Gasteiger partial charge in [0.2, 0.25) is 0 Å². The van der Waals surface area contributed by atoms with Crippen LogP contribution in [0.15, 0.2) is 12.1 Å². The van der Waals surface area contributed by atoms with E-state index in [4.69, 9.17) is 27.9 Å². The van der Waals surface area contributed by atoms with E-state index in [0.29, 0.717) is 21.4 Å². The van der Waals surface area contributed by atoms with Gasteiger partial charge >= 0.3 is 0 Å². The van der Waals surface area contributed by atoms with Crippen molar-refractivity contribution in [3.05, 3.63) is 27.7 Å². The summed E-state index contributed by atoms with van der Waals surface area (Å²) in [5, 5.41) is 3.75. The molecule has 1 aromatic carbocycles. The third kappa shape index (κ3) is 3.58. The van der Waals surface area contributed by atoms with Crippen LogP contribution in [0.1, 0.15) is 43.0 Å². The van der Waals surface area contributed by atoms with Crippen molar-refractivity contribution in [2.24, 2.45) is 5.92 Å². The Kier molecular flexibility index (Phi) is 5.17. The minimum atomic E-state index is -0.129. The lowest BCUT2D eigenvalue weighted by atomic mass is 9.87. The zero-order valence-corrected chi connectivity index (χ0v) is 13.2. The fraction of sp³-hybridized carbons (Fsp3) is 0.533. The Bertz CT molecular complexity index is 474. The first-order chi connectivity index (χ1) is 9.51. The summed E-state index contributed by atoms with van der Waals surface area (Å²) < 4.78 is 5.08. The molecule has 0 atom stereocenters. The van der Waals surface area contributed by atoms with Crippen LogP contribution in [-0.4, -0.2) is 19.1 Å². The second kappa shape index (κ2) is 6.68. The van der Waals surface area contributed by atoms with Gasteiger partial charge in [-0.05, 0) is 43.7 Å². The van der Waals surface area contributed by atoms with E-state index in [1.54, 1.807) is 12.1 Å². The third-order valence-electron chi connectivity index (χ3n) is 3.82. The molecule has 0 saturated heterocycles. The van der Waals surface area contributed by atoms with Crippen molar-refractivity contribution in [3.8, 4) is 5.75 Å². The van der Waals surface area contributed by atoms with Crippen LogP contribution in [0.3, 0.4) is 0 Å². The molecule has 0 unspecified atom stereocenters. The molecule has 1 aliphatic rings. The van der Waals surface area contributed by atoms with E-state index in [1.807, 2.05) is 0 Å². The first-order valence-corrected chi connectivity index (χ1v) is 7.60. The van der Waals surface area contributed by atoms with Crippen LogP contribution in [0.5, 0.6) is 5.75 Å². The summed E-state index contributed by atoms with van der Waals surface area (Å²) >= 11 is 12.1. The molecule has 0 heterocycles. The Labute approximate surface area is 129 Å². The minimum Gasteiger partial charge on any atom is -0.494 e. The van der Waals surface area contributed by atoms with Crippen LogP contribution in [0.2, 0.25) is 10.0 Å². The molecule has 3 nitrogen and oxygen atoms in total. The van der Waals surface area contributed by atoms with Crippen LogP contribution in [0.25, 0.3) is 0 Å². The zero-order valence-electron chi connectivity index (χ0n) is 11.7. The predicted octanol–water partition coefficient (Wildman–Crippen LogP) is 4.31. The van der Waals surface area contributed by atoms with Gasteiger partial charge in [0.1, 0.15) is 0 Å². The summed E-state index contributed by atoms with van der Waals surface area (Å²) in [7, 11) is 1.50. The molecule has 0 aromatic heterocycles. The van der Waals surface area contributed by atoms with Crippen molar-refractivity contribution < 1.29 is 9.53 Å². The van der Waals surface area contributed by atoms with E-state index in [0.717, 1.165) is 31.6 Å². The molecular formula is C15H19Cl2NO2. The summed E-state index contributed by atoms with van der Waals surface area (Å²) in [6.45, 7) is 2.25. The van der Waals surface area contributed by atoms with Crippen LogP contribution >= 0.6 is 23.2 Å². The van der Waals surface area contributed by atoms with E-state index in [2.05, 4.69) is 12.2 Å². The van der Waals surface area contributed by atoms with Gasteiger partial charge in [-0.15, -0.1) is 0 Å². The topological polar surface area (TPSA) is 38.3 Å². The fourth-order valence-electron chi connectivity index (χ4n) is 2.56. The number of nitrogens with one attached hydrogen (secondary N) is 1. The second-order valence-corrected chi connectivity index (χ2v) is 6.22. The lowest BCUT2D eigenvalue weighted by Crippen LogP contribution is -2.37. The van der Waals surface area contributed by atoms with Crippen molar-refractivity contribution in [3.63, 3.8) is 0 Å². The highest BCUT2D eigenvalue weighted by molar-refractivity contribution is 6.37. The van der Waals surface area contributed by atoms with E-state index in [1.165, 1.54) is 7.11 Å². The van der Waals surface area contributed by atoms with E-state index >= 15 is 0 Å². The summed E-state index contributed by atoms with van der Waals surface area (Å²) in [6.07, 6.45) is 4.39. The quantitative estimate of drug-likeness (QED) is 0.902. The second-order valence-electron chi connectivity index (χ2n) is 5.40. The first-order valence-electron chi connectivity index (χ1n) is 6.85. The highest BCUT2D eigenvalue weighted by atomic mass is 35.5. The number of halogens is 2. The molecule has 1 fully saturated rings. The van der Waals surface area contributed by atoms with Gasteiger partial charge in [-0.25, -0.2) is 0 Å². The normalized spacial score (nSPS) is 22.4. The van der Waals surface area contributed by atoms with Gasteiger partial charge in [0.05, 0.1) is 17.2 Å². The number of hydrogen-bond acceptors (Lipinski definition) is 2. The molecular weight excluding hydrogens is 297 g/mol. The molecule has 0 aliphatic heterocycles. The molecule has 2 rings (SSSR count). The van der Waals surface area contributed by atoms with Gasteiger partial charge < -0.3 is 10.1 Å². The van der Waals surface area contributed by atoms with Crippen LogP contribution in [0.4, 0.5) is 0 Å². The van der Waals surface area contributed by atoms with E-state index in [-0.39, 0.29) is 11.9 Å². The number of methoxy groups -OCH3 is 1. The van der Waals surface area contributed by atoms with Crippen molar-refractivity contribution >= 4 is 29.1 Å². The molecule has 1 amide bonds. The standard InChI is InChI=1S/C15H19Cl2NO2/c1-9-3-5-11(6-4-9)18-15(19)10-7-12(16)14(20-2)13(17)8-10/h7-9,11H,3-6H2,1-2H3,(H,18,19). The Morgan fingerprint density at radius 3 is 2.25 bits per heavy atom. The van der Waals surface area contributed by atoms with Gasteiger partial charge in [-0.3, -0.25) is 4.79 Å². The number of carbonyl (C=O) groups excluding carboxylic acids is 1. The Hall–Kier alpha value is -0.930. The fourth-order valence-corrected chi connectivity index (χ4v) is 3.20. The lowest BCUT2D eigenvalue weighted by Gasteiger charge is -2.27. The maximum atomic E-state index is 12.2. The molecule has 20 heavy (non-hydrogen) atoms.